The maximum atomic E-state index is 10.1. The van der Waals surface area contributed by atoms with Crippen LogP contribution in [-0.2, 0) is 32.8 Å². The standard InChI is InChI=1S/C26H33NOSi2.C23H29NSi2.C3H4O/c1-29(2,3)14-12-22-16-23(20-28)24(13-15-30(4,5)6)26-19-27(18-25(22)26)17-21-10-8-7-9-11-21;1-25(2,3)20-14-8-12-18-24(22-23-16-10-7-11-17-23)19-13-9-15-21-26(4,5)6;1-2-3-4/h7-11,16,28H,17-20H2,1-6H3;7,10-11,16-17H,18-19,22H2,1-6H3;1,4H,3H2. The summed E-state index contributed by atoms with van der Waals surface area (Å²) in [5, 5.41) is 17.8. The molecule has 1 aliphatic rings. The molecule has 312 valence electrons. The average molecular weight is 863 g/mol. The summed E-state index contributed by atoms with van der Waals surface area (Å²) in [6.45, 7) is 31.6. The molecule has 0 saturated carbocycles. The highest BCUT2D eigenvalue weighted by Crippen LogP contribution is 2.32. The molecule has 3 aromatic rings. The second-order valence-corrected chi connectivity index (χ2v) is 37.8. The number of benzene rings is 3. The van der Waals surface area contributed by atoms with Crippen molar-refractivity contribution in [2.24, 2.45) is 0 Å². The van der Waals surface area contributed by atoms with Crippen LogP contribution in [0.4, 0.5) is 0 Å². The zero-order chi connectivity index (χ0) is 44.8. The Hall–Kier alpha value is -4.71. The molecule has 60 heavy (non-hydrogen) atoms. The van der Waals surface area contributed by atoms with Gasteiger partial charge in [0, 0.05) is 37.3 Å². The monoisotopic (exact) mass is 862 g/mol. The van der Waals surface area contributed by atoms with E-state index in [1.807, 2.05) is 12.0 Å². The first-order chi connectivity index (χ1) is 28.1. The summed E-state index contributed by atoms with van der Waals surface area (Å²) >= 11 is 0. The number of fused-ring (bicyclic) bond motifs is 1. The second-order valence-electron chi connectivity index (χ2n) is 18.8. The minimum atomic E-state index is -1.52. The van der Waals surface area contributed by atoms with Crippen LogP contribution in [0.3, 0.4) is 0 Å². The van der Waals surface area contributed by atoms with Crippen molar-refractivity contribution in [2.75, 3.05) is 19.7 Å². The van der Waals surface area contributed by atoms with Crippen molar-refractivity contribution in [1.29, 1.82) is 0 Å². The molecule has 0 aliphatic carbocycles. The minimum absolute atomic E-state index is 0.00328. The highest BCUT2D eigenvalue weighted by Gasteiger charge is 2.26. The molecule has 3 aromatic carbocycles. The van der Waals surface area contributed by atoms with Crippen molar-refractivity contribution >= 4 is 32.3 Å². The van der Waals surface area contributed by atoms with Gasteiger partial charge in [0.2, 0.25) is 0 Å². The van der Waals surface area contributed by atoms with Crippen LogP contribution < -0.4 is 0 Å². The first-order valence-corrected chi connectivity index (χ1v) is 34.5. The average Bonchev–Trinajstić information content (AvgIpc) is 3.59. The predicted octanol–water partition coefficient (Wildman–Crippen LogP) is 9.02. The first-order valence-electron chi connectivity index (χ1n) is 20.5. The van der Waals surface area contributed by atoms with E-state index in [-0.39, 0.29) is 13.2 Å². The van der Waals surface area contributed by atoms with E-state index >= 15 is 0 Å². The lowest BCUT2D eigenvalue weighted by Gasteiger charge is -2.16. The lowest BCUT2D eigenvalue weighted by Crippen LogP contribution is -2.24. The fourth-order valence-electron chi connectivity index (χ4n) is 5.39. The van der Waals surface area contributed by atoms with Gasteiger partial charge in [0.15, 0.2) is 0 Å². The lowest BCUT2D eigenvalue weighted by molar-refractivity contribution is 0.274. The quantitative estimate of drug-likeness (QED) is 0.184. The molecule has 0 amide bonds. The topological polar surface area (TPSA) is 46.9 Å². The third kappa shape index (κ3) is 22.6. The van der Waals surface area contributed by atoms with Crippen molar-refractivity contribution in [3.05, 3.63) is 106 Å². The maximum Gasteiger partial charge on any atom is 0.130 e. The van der Waals surface area contributed by atoms with E-state index in [1.165, 1.54) is 22.3 Å². The van der Waals surface area contributed by atoms with Gasteiger partial charge in [0.1, 0.15) is 38.9 Å². The third-order valence-corrected chi connectivity index (χ3v) is 11.6. The maximum absolute atomic E-state index is 10.1. The summed E-state index contributed by atoms with van der Waals surface area (Å²) in [4.78, 5) is 4.68. The van der Waals surface area contributed by atoms with Crippen LogP contribution in [0, 0.1) is 81.9 Å². The van der Waals surface area contributed by atoms with E-state index in [0.717, 1.165) is 42.9 Å². The molecule has 0 radical (unpaired) electrons. The SMILES string of the molecule is C#CCO.C[Si](C)(C)C#CC#CCN(CC#CC#C[Si](C)(C)C)Cc1ccccc1.C[Si](C)(C)C#Cc1cc(CO)c(C#C[Si](C)(C)C)c2c1CN(Cc1ccccc1)C2. The van der Waals surface area contributed by atoms with E-state index in [9.17, 15) is 5.11 Å². The van der Waals surface area contributed by atoms with Crippen molar-refractivity contribution in [3.8, 4) is 81.9 Å². The van der Waals surface area contributed by atoms with Crippen LogP contribution >= 0.6 is 0 Å². The highest BCUT2D eigenvalue weighted by molar-refractivity contribution is 6.85. The molecule has 0 fully saturated rings. The van der Waals surface area contributed by atoms with E-state index in [2.05, 4.69) is 225 Å². The van der Waals surface area contributed by atoms with Crippen LogP contribution in [-0.4, -0.2) is 72.0 Å². The van der Waals surface area contributed by atoms with Crippen LogP contribution in [0.25, 0.3) is 0 Å². The van der Waals surface area contributed by atoms with Crippen LogP contribution in [0.1, 0.15) is 38.9 Å². The molecule has 0 saturated heterocycles. The van der Waals surface area contributed by atoms with E-state index in [4.69, 9.17) is 5.11 Å². The van der Waals surface area contributed by atoms with Gasteiger partial charge in [0.05, 0.1) is 19.7 Å². The number of hydrogen-bond acceptors (Lipinski definition) is 4. The van der Waals surface area contributed by atoms with Crippen molar-refractivity contribution in [3.63, 3.8) is 0 Å². The Morgan fingerprint density at radius 2 is 1.05 bits per heavy atom. The number of terminal acetylenes is 1. The Morgan fingerprint density at radius 3 is 1.50 bits per heavy atom. The number of aliphatic hydroxyl groups excluding tert-OH is 2. The normalized spacial score (nSPS) is 11.7. The van der Waals surface area contributed by atoms with E-state index in [0.29, 0.717) is 13.1 Å². The summed E-state index contributed by atoms with van der Waals surface area (Å²) in [7, 11) is -5.72. The third-order valence-electron chi connectivity index (χ3n) is 8.07. The largest absolute Gasteiger partial charge is 0.392 e. The molecule has 0 atom stereocenters. The van der Waals surface area contributed by atoms with Gasteiger partial charge in [-0.15, -0.1) is 28.6 Å². The lowest BCUT2D eigenvalue weighted by atomic mass is 9.94. The van der Waals surface area contributed by atoms with E-state index < -0.39 is 32.3 Å². The number of nitrogens with zero attached hydrogens (tertiary/aromatic N) is 2. The number of rotatable bonds is 7. The molecule has 4 nitrogen and oxygen atoms in total. The summed E-state index contributed by atoms with van der Waals surface area (Å²) in [5.41, 5.74) is 21.7. The Labute approximate surface area is 369 Å². The fourth-order valence-corrected chi connectivity index (χ4v) is 7.27. The summed E-state index contributed by atoms with van der Waals surface area (Å²) in [6.07, 6.45) is 4.53. The molecule has 2 N–H and O–H groups in total. The Kier molecular flexibility index (Phi) is 21.6. The van der Waals surface area contributed by atoms with Gasteiger partial charge in [-0.25, -0.2) is 0 Å². The second kappa shape index (κ2) is 25.2. The van der Waals surface area contributed by atoms with Gasteiger partial charge >= 0.3 is 0 Å². The van der Waals surface area contributed by atoms with Gasteiger partial charge < -0.3 is 10.2 Å². The van der Waals surface area contributed by atoms with Crippen LogP contribution in [0.2, 0.25) is 78.6 Å². The van der Waals surface area contributed by atoms with Crippen molar-refractivity contribution < 1.29 is 10.2 Å². The van der Waals surface area contributed by atoms with Crippen molar-refractivity contribution in [2.45, 2.75) is 111 Å². The van der Waals surface area contributed by atoms with E-state index in [1.54, 1.807) is 0 Å². The van der Waals surface area contributed by atoms with Crippen LogP contribution in [0.15, 0.2) is 66.7 Å². The zero-order valence-corrected chi connectivity index (χ0v) is 42.4. The molecular formula is C52H66N2O2Si4. The zero-order valence-electron chi connectivity index (χ0n) is 38.4. The molecule has 1 aliphatic heterocycles. The molecule has 1 heterocycles. The summed E-state index contributed by atoms with van der Waals surface area (Å²) in [6, 6.07) is 23.1. The Balaban J connectivity index is 0.000000383. The molecule has 0 unspecified atom stereocenters. The van der Waals surface area contributed by atoms with Gasteiger partial charge in [-0.1, -0.05) is 169 Å². The number of hydrogen-bond donors (Lipinski definition) is 2. The van der Waals surface area contributed by atoms with Gasteiger partial charge in [-0.3, -0.25) is 9.80 Å². The van der Waals surface area contributed by atoms with Gasteiger partial charge in [0.25, 0.3) is 0 Å². The predicted molar refractivity (Wildman–Crippen MR) is 268 cm³/mol. The van der Waals surface area contributed by atoms with Gasteiger partial charge in [-0.2, -0.15) is 0 Å². The molecule has 0 aromatic heterocycles. The molecular weight excluding hydrogens is 797 g/mol. The first kappa shape index (κ1) is 51.4. The van der Waals surface area contributed by atoms with Gasteiger partial charge in [-0.05, 0) is 57.6 Å². The highest BCUT2D eigenvalue weighted by atomic mass is 28.3. The molecule has 8 heteroatoms. The molecule has 4 rings (SSSR count). The number of aliphatic hydroxyl groups is 2. The summed E-state index contributed by atoms with van der Waals surface area (Å²) in [5.74, 6) is 27.3. The fraction of sp³-hybridized carbons (Fsp3) is 0.385. The Morgan fingerprint density at radius 1 is 0.600 bits per heavy atom. The van der Waals surface area contributed by atoms with Crippen molar-refractivity contribution in [1.82, 2.24) is 9.80 Å². The smallest absolute Gasteiger partial charge is 0.130 e. The minimum Gasteiger partial charge on any atom is -0.392 e. The van der Waals surface area contributed by atoms with Crippen LogP contribution in [0.5, 0.6) is 0 Å². The summed E-state index contributed by atoms with van der Waals surface area (Å²) < 4.78 is 0. The Bertz CT molecular complexity index is 2240. The molecule has 0 bridgehead atoms. The molecule has 0 spiro atoms.